The van der Waals surface area contributed by atoms with Gasteiger partial charge in [-0.3, -0.25) is 0 Å². The van der Waals surface area contributed by atoms with Crippen LogP contribution in [-0.4, -0.2) is 62.4 Å². The van der Waals surface area contributed by atoms with Crippen LogP contribution >= 0.6 is 11.6 Å². The van der Waals surface area contributed by atoms with E-state index in [1.54, 1.807) is 6.07 Å². The van der Waals surface area contributed by atoms with E-state index in [1.165, 1.54) is 0 Å². The van der Waals surface area contributed by atoms with E-state index in [0.29, 0.717) is 42.0 Å². The molecular weight excluding hydrogens is 530 g/mol. The van der Waals surface area contributed by atoms with E-state index in [4.69, 9.17) is 38.5 Å². The van der Waals surface area contributed by atoms with Gasteiger partial charge in [-0.2, -0.15) is 9.98 Å². The molecule has 0 bridgehead atoms. The maximum absolute atomic E-state index is 11.3. The van der Waals surface area contributed by atoms with Gasteiger partial charge in [0.05, 0.1) is 19.3 Å². The van der Waals surface area contributed by atoms with Crippen LogP contribution < -0.4 is 10.6 Å². The number of morpholine rings is 1. The predicted octanol–water partition coefficient (Wildman–Crippen LogP) is 5.54. The zero-order valence-electron chi connectivity index (χ0n) is 23.2. The van der Waals surface area contributed by atoms with Crippen LogP contribution in [0.3, 0.4) is 0 Å². The van der Waals surface area contributed by atoms with E-state index in [9.17, 15) is 9.90 Å². The summed E-state index contributed by atoms with van der Waals surface area (Å²) < 4.78 is 7.99. The van der Waals surface area contributed by atoms with Crippen LogP contribution in [-0.2, 0) is 4.74 Å². The first-order chi connectivity index (χ1) is 19.2. The Hall–Kier alpha value is -3.68. The summed E-state index contributed by atoms with van der Waals surface area (Å²) >= 11 is 6.38. The van der Waals surface area contributed by atoms with E-state index < -0.39 is 6.09 Å². The molecule has 1 aromatic carbocycles. The summed E-state index contributed by atoms with van der Waals surface area (Å²) in [5.41, 5.74) is 8.45. The van der Waals surface area contributed by atoms with Crippen LogP contribution in [0.4, 0.5) is 10.7 Å². The Labute approximate surface area is 239 Å². The molecule has 40 heavy (non-hydrogen) atoms. The Bertz CT molecular complexity index is 1430. The highest BCUT2D eigenvalue weighted by Crippen LogP contribution is 2.36. The van der Waals surface area contributed by atoms with Crippen LogP contribution in [0.1, 0.15) is 64.7 Å². The number of anilines is 1. The maximum Gasteiger partial charge on any atom is 0.433 e. The number of carboxylic acid groups (broad SMARTS) is 1. The van der Waals surface area contributed by atoms with Crippen molar-refractivity contribution in [1.29, 1.82) is 0 Å². The molecule has 11 heteroatoms. The molecule has 3 heterocycles. The first-order valence-corrected chi connectivity index (χ1v) is 14.0. The fourth-order valence-electron chi connectivity index (χ4n) is 5.17. The second-order valence-corrected chi connectivity index (χ2v) is 10.7. The first kappa shape index (κ1) is 29.3. The Morgan fingerprint density at radius 2 is 2.12 bits per heavy atom. The third-order valence-electron chi connectivity index (χ3n) is 7.25. The van der Waals surface area contributed by atoms with Gasteiger partial charge in [0.15, 0.2) is 17.3 Å². The summed E-state index contributed by atoms with van der Waals surface area (Å²) in [4.78, 5) is 31.3. The van der Waals surface area contributed by atoms with Crippen molar-refractivity contribution in [3.05, 3.63) is 35.1 Å². The lowest BCUT2D eigenvalue weighted by atomic mass is 9.99. The third kappa shape index (κ3) is 6.54. The van der Waals surface area contributed by atoms with Crippen molar-refractivity contribution in [3.8, 4) is 23.6 Å². The molecule has 1 amide bonds. The summed E-state index contributed by atoms with van der Waals surface area (Å²) in [6, 6.07) is 7.53. The number of halogens is 1. The molecule has 0 radical (unpaired) electrons. The largest absolute Gasteiger partial charge is 0.463 e. The number of amides is 1. The van der Waals surface area contributed by atoms with Crippen molar-refractivity contribution in [2.24, 2.45) is 16.6 Å². The number of nitrogens with zero attached hydrogens (tertiary/aromatic N) is 6. The van der Waals surface area contributed by atoms with Gasteiger partial charge in [-0.15, -0.1) is 12.3 Å². The summed E-state index contributed by atoms with van der Waals surface area (Å²) in [5.74, 6) is 3.67. The van der Waals surface area contributed by atoms with Gasteiger partial charge in [-0.25, -0.2) is 14.8 Å². The lowest BCUT2D eigenvalue weighted by Crippen LogP contribution is -2.46. The van der Waals surface area contributed by atoms with Crippen molar-refractivity contribution in [3.63, 3.8) is 0 Å². The summed E-state index contributed by atoms with van der Waals surface area (Å²) in [5, 5.41) is 9.73. The molecular formula is C29H36ClN7O3. The maximum atomic E-state index is 11.3. The minimum absolute atomic E-state index is 0.00847. The Morgan fingerprint density at radius 1 is 1.32 bits per heavy atom. The molecule has 4 rings (SSSR count). The minimum atomic E-state index is -1.43. The smallest absolute Gasteiger partial charge is 0.433 e. The summed E-state index contributed by atoms with van der Waals surface area (Å²) in [6.45, 7) is 8.37. The number of aliphatic imine (C=N–C) groups is 1. The van der Waals surface area contributed by atoms with Crippen LogP contribution in [0, 0.1) is 18.3 Å². The van der Waals surface area contributed by atoms with Gasteiger partial charge in [0.1, 0.15) is 11.2 Å². The number of aromatic nitrogens is 4. The summed E-state index contributed by atoms with van der Waals surface area (Å²) in [7, 11) is 0. The van der Waals surface area contributed by atoms with Crippen molar-refractivity contribution >= 4 is 40.6 Å². The number of hydrogen-bond donors (Lipinski definition) is 2. The van der Waals surface area contributed by atoms with Gasteiger partial charge < -0.3 is 25.0 Å². The van der Waals surface area contributed by atoms with Crippen LogP contribution in [0.15, 0.2) is 29.3 Å². The number of carbonyl (C=O) groups is 1. The van der Waals surface area contributed by atoms with Gasteiger partial charge in [-0.1, -0.05) is 44.0 Å². The van der Waals surface area contributed by atoms with Gasteiger partial charge >= 0.3 is 6.09 Å². The van der Waals surface area contributed by atoms with E-state index in [2.05, 4.69) is 46.1 Å². The Kier molecular flexibility index (Phi) is 9.61. The zero-order chi connectivity index (χ0) is 28.8. The normalized spacial score (nSPS) is 17.5. The standard InChI is InChI=1S/C29H36ClN7O3/c1-5-9-18(3)10-7-11-19(4)37-24-23(20-12-8-13-21(30)16-20)32-27(25(31)33-29(38)39)34-26(24)35-28(37)36-14-15-40-17-22(36)6-2/h1,8,12-13,16,18-19,22H,6-7,9-11,14-15,17H2,2-4H3,(H2,31,33)(H,38,39). The number of fused-ring (bicyclic) bond motifs is 1. The number of ether oxygens (including phenoxy) is 1. The fourth-order valence-corrected chi connectivity index (χ4v) is 5.36. The minimum Gasteiger partial charge on any atom is -0.463 e. The van der Waals surface area contributed by atoms with E-state index in [1.807, 2.05) is 18.2 Å². The number of amidine groups is 1. The lowest BCUT2D eigenvalue weighted by molar-refractivity contribution is 0.0916. The van der Waals surface area contributed by atoms with Crippen molar-refractivity contribution in [2.45, 2.75) is 65.0 Å². The average molecular weight is 566 g/mol. The molecule has 1 fully saturated rings. The molecule has 0 aliphatic carbocycles. The van der Waals surface area contributed by atoms with E-state index >= 15 is 0 Å². The van der Waals surface area contributed by atoms with Crippen molar-refractivity contribution < 1.29 is 14.6 Å². The highest BCUT2D eigenvalue weighted by Gasteiger charge is 2.31. The fraction of sp³-hybridized carbons (Fsp3) is 0.483. The first-order valence-electron chi connectivity index (χ1n) is 13.6. The quantitative estimate of drug-likeness (QED) is 0.186. The lowest BCUT2D eigenvalue weighted by Gasteiger charge is -2.37. The molecule has 2 aromatic heterocycles. The Balaban J connectivity index is 1.93. The molecule has 1 aliphatic rings. The van der Waals surface area contributed by atoms with E-state index in [-0.39, 0.29) is 23.7 Å². The highest BCUT2D eigenvalue weighted by molar-refractivity contribution is 6.30. The van der Waals surface area contributed by atoms with Gasteiger partial charge in [0.2, 0.25) is 5.95 Å². The molecule has 10 nitrogen and oxygen atoms in total. The van der Waals surface area contributed by atoms with E-state index in [0.717, 1.165) is 49.1 Å². The van der Waals surface area contributed by atoms with Crippen LogP contribution in [0.5, 0.6) is 0 Å². The second-order valence-electron chi connectivity index (χ2n) is 10.3. The molecule has 1 saturated heterocycles. The topological polar surface area (TPSA) is 132 Å². The molecule has 3 unspecified atom stereocenters. The van der Waals surface area contributed by atoms with Crippen molar-refractivity contribution in [1.82, 2.24) is 19.5 Å². The molecule has 3 N–H and O–H groups in total. The third-order valence-corrected chi connectivity index (χ3v) is 7.49. The number of terminal acetylenes is 1. The summed E-state index contributed by atoms with van der Waals surface area (Å²) in [6.07, 6.45) is 8.65. The highest BCUT2D eigenvalue weighted by atomic mass is 35.5. The van der Waals surface area contributed by atoms with Crippen molar-refractivity contribution in [2.75, 3.05) is 24.7 Å². The molecule has 212 valence electrons. The number of imidazole rings is 1. The number of nitrogens with two attached hydrogens (primary N) is 1. The van der Waals surface area contributed by atoms with Gasteiger partial charge in [-0.05, 0) is 44.2 Å². The average Bonchev–Trinajstić information content (AvgIpc) is 3.31. The Morgan fingerprint density at radius 3 is 2.83 bits per heavy atom. The predicted molar refractivity (Wildman–Crippen MR) is 158 cm³/mol. The number of rotatable bonds is 10. The molecule has 1 aliphatic heterocycles. The molecule has 3 aromatic rings. The molecule has 0 saturated carbocycles. The molecule has 3 atom stereocenters. The number of benzene rings is 1. The molecule has 0 spiro atoms. The SMILES string of the molecule is C#CCC(C)CCCC(C)n1c(N2CCOCC2CC)nc2nc(C(N)=NC(=O)O)nc(-c3cccc(Cl)c3)c21. The van der Waals surface area contributed by atoms with Gasteiger partial charge in [0.25, 0.3) is 0 Å². The second kappa shape index (κ2) is 13.1. The van der Waals surface area contributed by atoms with Crippen LogP contribution in [0.2, 0.25) is 5.02 Å². The van der Waals surface area contributed by atoms with Crippen LogP contribution in [0.25, 0.3) is 22.4 Å². The number of hydrogen-bond acceptors (Lipinski definition) is 6. The van der Waals surface area contributed by atoms with Gasteiger partial charge in [0, 0.05) is 29.6 Å². The monoisotopic (exact) mass is 565 g/mol. The zero-order valence-corrected chi connectivity index (χ0v) is 23.9.